The van der Waals surface area contributed by atoms with Gasteiger partial charge in [0.15, 0.2) is 27.2 Å². The van der Waals surface area contributed by atoms with Gasteiger partial charge in [0.1, 0.15) is 5.94 Å². The fraction of sp³-hybridized carbons (Fsp3) is 0.958. The second kappa shape index (κ2) is 17.6. The number of ether oxygens (including phenoxy) is 2. The summed E-state index contributed by atoms with van der Waals surface area (Å²) >= 11 is 1.21. The molecule has 33 heavy (non-hydrogen) atoms. The second-order valence-electron chi connectivity index (χ2n) is 9.97. The van der Waals surface area contributed by atoms with Crippen LogP contribution in [-0.2, 0) is 18.8 Å². The average Bonchev–Trinajstić information content (AvgIpc) is 2.65. The lowest BCUT2D eigenvalue weighted by Gasteiger charge is -2.45. The number of thioether (sulfide) groups is 1. The predicted octanol–water partition coefficient (Wildman–Crippen LogP) is 6.14. The molecule has 0 radical (unpaired) electrons. The van der Waals surface area contributed by atoms with Crippen LogP contribution >= 0.6 is 20.2 Å². The third-order valence-corrected chi connectivity index (χ3v) is 8.92. The molecule has 0 amide bonds. The fourth-order valence-corrected chi connectivity index (χ4v) is 6.73. The van der Waals surface area contributed by atoms with E-state index in [4.69, 9.17) is 14.0 Å². The Kier molecular flexibility index (Phi) is 17.7. The van der Waals surface area contributed by atoms with Crippen LogP contribution in [0.1, 0.15) is 89.5 Å². The van der Waals surface area contributed by atoms with E-state index in [-0.39, 0.29) is 18.7 Å². The number of carbonyl (C=O) groups is 1. The smallest absolute Gasteiger partial charge is 0.192 e. The third-order valence-electron chi connectivity index (χ3n) is 5.13. The van der Waals surface area contributed by atoms with Gasteiger partial charge in [-0.15, -0.1) is 0 Å². The summed E-state index contributed by atoms with van der Waals surface area (Å²) in [6.07, 6.45) is 0.527. The van der Waals surface area contributed by atoms with Crippen LogP contribution in [0, 0.1) is 0 Å². The predicted molar refractivity (Wildman–Crippen MR) is 143 cm³/mol. The molecule has 0 aromatic rings. The van der Waals surface area contributed by atoms with Crippen LogP contribution < -0.4 is 0 Å². The summed E-state index contributed by atoms with van der Waals surface area (Å²) in [5.74, 6) is 0.297. The maximum atomic E-state index is 12.2. The lowest BCUT2D eigenvalue weighted by atomic mass is 10.2. The van der Waals surface area contributed by atoms with Gasteiger partial charge in [0.05, 0.1) is 0 Å². The minimum atomic E-state index is -0.980. The summed E-state index contributed by atoms with van der Waals surface area (Å²) in [6.45, 7) is 27.3. The van der Waals surface area contributed by atoms with Crippen molar-refractivity contribution in [3.05, 3.63) is 0 Å². The molecule has 0 spiro atoms. The van der Waals surface area contributed by atoms with E-state index >= 15 is 0 Å². The molecule has 0 aliphatic heterocycles. The van der Waals surface area contributed by atoms with Crippen molar-refractivity contribution in [2.45, 2.75) is 126 Å². The van der Waals surface area contributed by atoms with E-state index in [1.54, 1.807) is 0 Å². The highest BCUT2D eigenvalue weighted by molar-refractivity contribution is 8.13. The Hall–Kier alpha value is 0.210. The van der Waals surface area contributed by atoms with Crippen molar-refractivity contribution >= 4 is 25.3 Å². The minimum absolute atomic E-state index is 0.111. The van der Waals surface area contributed by atoms with E-state index in [0.717, 1.165) is 6.54 Å². The maximum absolute atomic E-state index is 12.2. The third kappa shape index (κ3) is 13.2. The van der Waals surface area contributed by atoms with Crippen molar-refractivity contribution in [2.24, 2.45) is 0 Å². The van der Waals surface area contributed by atoms with Gasteiger partial charge in [-0.25, -0.2) is 9.34 Å². The molecule has 0 aliphatic carbocycles. The number of nitrogens with zero attached hydrogens (tertiary/aromatic N) is 3. The Labute approximate surface area is 210 Å². The largest absolute Gasteiger partial charge is 0.344 e. The molecule has 0 saturated heterocycles. The van der Waals surface area contributed by atoms with E-state index in [0.29, 0.717) is 48.6 Å². The lowest BCUT2D eigenvalue weighted by Crippen LogP contribution is -2.43. The molecule has 0 fully saturated rings. The van der Waals surface area contributed by atoms with Gasteiger partial charge in [-0.3, -0.25) is 9.69 Å². The molecule has 9 heteroatoms. The van der Waals surface area contributed by atoms with E-state index < -0.39 is 8.45 Å². The highest BCUT2D eigenvalue weighted by Crippen LogP contribution is 2.50. The van der Waals surface area contributed by atoms with Gasteiger partial charge in [0.25, 0.3) is 0 Å². The summed E-state index contributed by atoms with van der Waals surface area (Å²) < 4.78 is 22.2. The first-order valence-electron chi connectivity index (χ1n) is 12.4. The van der Waals surface area contributed by atoms with Gasteiger partial charge in [-0.2, -0.15) is 0 Å². The summed E-state index contributed by atoms with van der Waals surface area (Å²) in [5, 5.41) is 0.148. The molecule has 0 N–H and O–H groups in total. The summed E-state index contributed by atoms with van der Waals surface area (Å²) in [7, 11) is -0.980. The molecule has 0 saturated carbocycles. The Bertz CT molecular complexity index is 478. The van der Waals surface area contributed by atoms with Gasteiger partial charge in [0, 0.05) is 49.2 Å². The van der Waals surface area contributed by atoms with Crippen molar-refractivity contribution in [3.63, 3.8) is 0 Å². The first kappa shape index (κ1) is 33.2. The first-order chi connectivity index (χ1) is 15.3. The van der Waals surface area contributed by atoms with Crippen LogP contribution in [-0.4, -0.2) is 81.7 Å². The van der Waals surface area contributed by atoms with Crippen LogP contribution in [0.3, 0.4) is 0 Å². The minimum Gasteiger partial charge on any atom is -0.344 e. The molecule has 7 nitrogen and oxygen atoms in total. The molecule has 0 aromatic heterocycles. The molecule has 0 bridgehead atoms. The monoisotopic (exact) mass is 509 g/mol. The Balaban J connectivity index is 4.50. The lowest BCUT2D eigenvalue weighted by molar-refractivity contribution is -0.111. The summed E-state index contributed by atoms with van der Waals surface area (Å²) in [5.41, 5.74) is 0. The highest BCUT2D eigenvalue weighted by Gasteiger charge is 2.34. The average molecular weight is 510 g/mol. The van der Waals surface area contributed by atoms with Gasteiger partial charge in [-0.1, -0.05) is 11.8 Å². The van der Waals surface area contributed by atoms with E-state index in [9.17, 15) is 4.79 Å². The highest BCUT2D eigenvalue weighted by atomic mass is 32.2. The van der Waals surface area contributed by atoms with Gasteiger partial charge >= 0.3 is 0 Å². The molecule has 0 unspecified atom stereocenters. The first-order valence-corrected chi connectivity index (χ1v) is 14.5. The standard InChI is InChI=1S/C24H52N3O4PS/c1-18(2)25(19(3)4)14-13-24(28)33-17-30-15-29-16-31-32(26(20(5)6)21(7)8)27(22(9)10)23(11)12/h18-23H,13-17H2,1-12H3. The zero-order valence-corrected chi connectivity index (χ0v) is 25.0. The SMILES string of the molecule is CC(C)N(CCC(=O)SCOCOCOP(N(C(C)C)C(C)C)N(C(C)C)C(C)C)C(C)C. The van der Waals surface area contributed by atoms with Crippen molar-refractivity contribution in [2.75, 3.05) is 26.1 Å². The quantitative estimate of drug-likeness (QED) is 0.124. The Morgan fingerprint density at radius 1 is 0.697 bits per heavy atom. The van der Waals surface area contributed by atoms with Crippen molar-refractivity contribution < 1.29 is 18.8 Å². The van der Waals surface area contributed by atoms with E-state index in [1.807, 2.05) is 0 Å². The Morgan fingerprint density at radius 2 is 1.15 bits per heavy atom. The second-order valence-corrected chi connectivity index (χ2v) is 12.6. The number of carbonyl (C=O) groups excluding carboxylic acids is 1. The molecule has 198 valence electrons. The van der Waals surface area contributed by atoms with Crippen LogP contribution in [0.15, 0.2) is 0 Å². The maximum Gasteiger partial charge on any atom is 0.192 e. The molecule has 0 aromatic carbocycles. The topological polar surface area (TPSA) is 54.5 Å². The Morgan fingerprint density at radius 3 is 1.55 bits per heavy atom. The molecule has 0 rings (SSSR count). The van der Waals surface area contributed by atoms with Gasteiger partial charge < -0.3 is 14.0 Å². The van der Waals surface area contributed by atoms with E-state index in [2.05, 4.69) is 97.3 Å². The fourth-order valence-electron chi connectivity index (χ4n) is 3.96. The van der Waals surface area contributed by atoms with Gasteiger partial charge in [0.2, 0.25) is 0 Å². The zero-order chi connectivity index (χ0) is 25.7. The van der Waals surface area contributed by atoms with Crippen LogP contribution in [0.4, 0.5) is 0 Å². The zero-order valence-electron chi connectivity index (χ0n) is 23.3. The van der Waals surface area contributed by atoms with Crippen molar-refractivity contribution in [1.29, 1.82) is 0 Å². The normalized spacial score (nSPS) is 13.2. The molecular formula is C24H52N3O4PS. The van der Waals surface area contributed by atoms with Crippen molar-refractivity contribution in [1.82, 2.24) is 14.2 Å². The van der Waals surface area contributed by atoms with Crippen LogP contribution in [0.5, 0.6) is 0 Å². The molecular weight excluding hydrogens is 457 g/mol. The van der Waals surface area contributed by atoms with Crippen LogP contribution in [0.2, 0.25) is 0 Å². The molecule has 0 atom stereocenters. The van der Waals surface area contributed by atoms with Crippen LogP contribution in [0.25, 0.3) is 0 Å². The van der Waals surface area contributed by atoms with Gasteiger partial charge in [-0.05, 0) is 83.1 Å². The number of rotatable bonds is 18. The van der Waals surface area contributed by atoms with Crippen molar-refractivity contribution in [3.8, 4) is 0 Å². The number of hydrogen-bond acceptors (Lipinski definition) is 8. The molecule has 0 aliphatic rings. The molecule has 0 heterocycles. The number of hydrogen-bond donors (Lipinski definition) is 0. The van der Waals surface area contributed by atoms with E-state index in [1.165, 1.54) is 11.8 Å². The summed E-state index contributed by atoms with van der Waals surface area (Å²) in [4.78, 5) is 14.5. The summed E-state index contributed by atoms with van der Waals surface area (Å²) in [6, 6.07) is 2.30.